The first-order valence-corrected chi connectivity index (χ1v) is 13.1. The Labute approximate surface area is 216 Å². The molecule has 2 aliphatic heterocycles. The van der Waals surface area contributed by atoms with Crippen LogP contribution in [0.25, 0.3) is 11.2 Å². The van der Waals surface area contributed by atoms with Crippen LogP contribution in [-0.2, 0) is 23.8 Å². The van der Waals surface area contributed by atoms with Crippen LogP contribution in [0.3, 0.4) is 0 Å². The van der Waals surface area contributed by atoms with Crippen molar-refractivity contribution in [3.8, 4) is 11.5 Å². The van der Waals surface area contributed by atoms with E-state index < -0.39 is 0 Å². The van der Waals surface area contributed by atoms with Crippen LogP contribution in [0.1, 0.15) is 36.8 Å². The molecule has 196 valence electrons. The highest BCUT2D eigenvalue weighted by molar-refractivity contribution is 5.83. The second-order valence-electron chi connectivity index (χ2n) is 10.3. The summed E-state index contributed by atoms with van der Waals surface area (Å²) in [6.45, 7) is 3.75. The van der Waals surface area contributed by atoms with Gasteiger partial charge in [0.15, 0.2) is 28.5 Å². The summed E-state index contributed by atoms with van der Waals surface area (Å²) < 4.78 is 12.8. The highest BCUT2D eigenvalue weighted by atomic mass is 16.5. The standard InChI is InChI=1S/C26H34N8O3/c1-32-23-22(30-31-32)24(28-16-27-23)33-10-12-34(13-11-33)25(35)17-4-7-26(8-5-17)19-15-21(37-3)20(36-2)14-18(19)6-9-29-26/h14-17,29H,4-13H2,1-3H3/t17-,26+. The Balaban J connectivity index is 1.11. The lowest BCUT2D eigenvalue weighted by Crippen LogP contribution is -2.53. The van der Waals surface area contributed by atoms with Crippen molar-refractivity contribution >= 4 is 22.9 Å². The number of carbonyl (C=O) groups excluding carboxylic acids is 1. The molecule has 3 aromatic rings. The molecule has 0 bridgehead atoms. The third-order valence-electron chi connectivity index (χ3n) is 8.43. The zero-order valence-corrected chi connectivity index (χ0v) is 21.7. The van der Waals surface area contributed by atoms with E-state index in [1.165, 1.54) is 11.1 Å². The van der Waals surface area contributed by atoms with Crippen molar-refractivity contribution in [2.45, 2.75) is 37.6 Å². The second kappa shape index (κ2) is 9.44. The van der Waals surface area contributed by atoms with Gasteiger partial charge in [0, 0.05) is 51.2 Å². The molecule has 1 saturated carbocycles. The third-order valence-corrected chi connectivity index (χ3v) is 8.43. The number of aromatic nitrogens is 5. The van der Waals surface area contributed by atoms with Crippen LogP contribution in [0.15, 0.2) is 18.5 Å². The number of hydrogen-bond donors (Lipinski definition) is 1. The van der Waals surface area contributed by atoms with Gasteiger partial charge in [-0.05, 0) is 55.4 Å². The molecule has 0 unspecified atom stereocenters. The molecule has 11 nitrogen and oxygen atoms in total. The van der Waals surface area contributed by atoms with Gasteiger partial charge < -0.3 is 24.6 Å². The van der Waals surface area contributed by atoms with Crippen molar-refractivity contribution in [1.29, 1.82) is 0 Å². The number of benzene rings is 1. The van der Waals surface area contributed by atoms with Gasteiger partial charge in [0.1, 0.15) is 6.33 Å². The predicted octanol–water partition coefficient (Wildman–Crippen LogP) is 1.66. The van der Waals surface area contributed by atoms with Gasteiger partial charge in [-0.1, -0.05) is 5.21 Å². The quantitative estimate of drug-likeness (QED) is 0.565. The third kappa shape index (κ3) is 4.05. The van der Waals surface area contributed by atoms with Crippen molar-refractivity contribution in [2.24, 2.45) is 13.0 Å². The number of anilines is 1. The van der Waals surface area contributed by atoms with Crippen molar-refractivity contribution in [3.63, 3.8) is 0 Å². The zero-order valence-electron chi connectivity index (χ0n) is 21.7. The summed E-state index contributed by atoms with van der Waals surface area (Å²) in [6.07, 6.45) is 6.17. The number of methoxy groups -OCH3 is 2. The molecule has 6 rings (SSSR count). The van der Waals surface area contributed by atoms with E-state index in [1.54, 1.807) is 25.2 Å². The zero-order chi connectivity index (χ0) is 25.6. The van der Waals surface area contributed by atoms with Gasteiger partial charge >= 0.3 is 0 Å². The number of fused-ring (bicyclic) bond motifs is 3. The fourth-order valence-corrected chi connectivity index (χ4v) is 6.38. The molecule has 1 aliphatic carbocycles. The lowest BCUT2D eigenvalue weighted by atomic mass is 9.69. The molecule has 0 radical (unpaired) electrons. The average molecular weight is 507 g/mol. The van der Waals surface area contributed by atoms with Crippen LogP contribution < -0.4 is 19.7 Å². The van der Waals surface area contributed by atoms with Gasteiger partial charge in [-0.3, -0.25) is 4.79 Å². The number of hydrogen-bond acceptors (Lipinski definition) is 9. The number of amides is 1. The van der Waals surface area contributed by atoms with Crippen LogP contribution in [0.5, 0.6) is 11.5 Å². The molecule has 37 heavy (non-hydrogen) atoms. The summed E-state index contributed by atoms with van der Waals surface area (Å²) in [4.78, 5) is 26.5. The molecule has 1 saturated heterocycles. The topological polar surface area (TPSA) is 111 Å². The van der Waals surface area contributed by atoms with E-state index in [0.717, 1.165) is 69.1 Å². The predicted molar refractivity (Wildman–Crippen MR) is 138 cm³/mol. The Morgan fingerprint density at radius 1 is 1.05 bits per heavy atom. The molecular formula is C26H34N8O3. The summed E-state index contributed by atoms with van der Waals surface area (Å²) in [6, 6.07) is 4.27. The number of aryl methyl sites for hydroxylation is 1. The Kier molecular flexibility index (Phi) is 6.10. The Morgan fingerprint density at radius 2 is 1.78 bits per heavy atom. The number of rotatable bonds is 4. The molecule has 1 N–H and O–H groups in total. The van der Waals surface area contributed by atoms with Gasteiger partial charge in [-0.15, -0.1) is 5.10 Å². The fourth-order valence-electron chi connectivity index (χ4n) is 6.38. The summed E-state index contributed by atoms with van der Waals surface area (Å²) in [5.74, 6) is 2.69. The largest absolute Gasteiger partial charge is 0.493 e. The SMILES string of the molecule is COc1cc2c(cc1OC)[C@]1(CC[C@H](C(=O)N3CCN(c4ncnc5c4nnn5C)CC3)CC1)NCC2. The van der Waals surface area contributed by atoms with Crippen LogP contribution in [0, 0.1) is 5.92 Å². The van der Waals surface area contributed by atoms with Gasteiger partial charge in [0.05, 0.1) is 14.2 Å². The van der Waals surface area contributed by atoms with Crippen LogP contribution in [0.4, 0.5) is 5.82 Å². The summed E-state index contributed by atoms with van der Waals surface area (Å²) in [5, 5.41) is 12.1. The normalized spacial score (nSPS) is 23.8. The molecule has 2 aromatic heterocycles. The molecule has 11 heteroatoms. The maximum Gasteiger partial charge on any atom is 0.225 e. The first-order valence-electron chi connectivity index (χ1n) is 13.1. The van der Waals surface area contributed by atoms with Crippen LogP contribution in [0.2, 0.25) is 0 Å². The van der Waals surface area contributed by atoms with Crippen LogP contribution in [-0.4, -0.2) is 82.7 Å². The smallest absolute Gasteiger partial charge is 0.225 e. The number of carbonyl (C=O) groups is 1. The monoisotopic (exact) mass is 506 g/mol. The van der Waals surface area contributed by atoms with E-state index in [4.69, 9.17) is 9.47 Å². The molecule has 1 spiro atoms. The number of nitrogens with one attached hydrogen (secondary N) is 1. The minimum Gasteiger partial charge on any atom is -0.493 e. The van der Waals surface area contributed by atoms with Gasteiger partial charge in [-0.2, -0.15) is 0 Å². The highest BCUT2D eigenvalue weighted by Crippen LogP contribution is 2.46. The van der Waals surface area contributed by atoms with Gasteiger partial charge in [-0.25, -0.2) is 14.6 Å². The van der Waals surface area contributed by atoms with Crippen molar-refractivity contribution in [2.75, 3.05) is 51.8 Å². The minimum atomic E-state index is -0.0995. The van der Waals surface area contributed by atoms with Crippen molar-refractivity contribution < 1.29 is 14.3 Å². The van der Waals surface area contributed by atoms with E-state index in [2.05, 4.69) is 42.6 Å². The molecule has 3 aliphatic rings. The first-order chi connectivity index (χ1) is 18.0. The number of nitrogens with zero attached hydrogens (tertiary/aromatic N) is 7. The van der Waals surface area contributed by atoms with Gasteiger partial charge in [0.2, 0.25) is 5.91 Å². The van der Waals surface area contributed by atoms with Crippen molar-refractivity contribution in [3.05, 3.63) is 29.6 Å². The number of piperazine rings is 1. The minimum absolute atomic E-state index is 0.0650. The molecule has 0 atom stereocenters. The van der Waals surface area contributed by atoms with E-state index in [1.807, 2.05) is 11.9 Å². The maximum absolute atomic E-state index is 13.5. The lowest BCUT2D eigenvalue weighted by Gasteiger charge is -2.46. The lowest BCUT2D eigenvalue weighted by molar-refractivity contribution is -0.137. The maximum atomic E-state index is 13.5. The summed E-state index contributed by atoms with van der Waals surface area (Å²) >= 11 is 0. The van der Waals surface area contributed by atoms with E-state index in [-0.39, 0.29) is 17.4 Å². The fraction of sp³-hybridized carbons (Fsp3) is 0.577. The molecular weight excluding hydrogens is 472 g/mol. The second-order valence-corrected chi connectivity index (χ2v) is 10.3. The van der Waals surface area contributed by atoms with Crippen LogP contribution >= 0.6 is 0 Å². The highest BCUT2D eigenvalue weighted by Gasteiger charge is 2.43. The molecule has 1 aromatic carbocycles. The van der Waals surface area contributed by atoms with Crippen molar-refractivity contribution in [1.82, 2.24) is 35.2 Å². The average Bonchev–Trinajstić information content (AvgIpc) is 3.33. The Hall–Kier alpha value is -3.47. The van der Waals surface area contributed by atoms with E-state index >= 15 is 0 Å². The first kappa shape index (κ1) is 23.9. The molecule has 1 amide bonds. The number of ether oxygens (including phenoxy) is 2. The van der Waals surface area contributed by atoms with Gasteiger partial charge in [0.25, 0.3) is 0 Å². The Morgan fingerprint density at radius 3 is 2.51 bits per heavy atom. The summed E-state index contributed by atoms with van der Waals surface area (Å²) in [7, 11) is 5.19. The molecule has 2 fully saturated rings. The molecule has 4 heterocycles. The van der Waals surface area contributed by atoms with E-state index in [9.17, 15) is 4.79 Å². The Bertz CT molecular complexity index is 1310. The summed E-state index contributed by atoms with van der Waals surface area (Å²) in [5.41, 5.74) is 3.94. The van der Waals surface area contributed by atoms with E-state index in [0.29, 0.717) is 24.3 Å².